The molecule has 0 radical (unpaired) electrons. The molecule has 0 aliphatic heterocycles. The first kappa shape index (κ1) is 11.3. The smallest absolute Gasteiger partial charge is 0.267 e. The average Bonchev–Trinajstić information content (AvgIpc) is 2.48. The van der Waals surface area contributed by atoms with Gasteiger partial charge in [-0.1, -0.05) is 24.2 Å². The summed E-state index contributed by atoms with van der Waals surface area (Å²) >= 11 is 6.04. The molecule has 0 bridgehead atoms. The minimum Gasteiger partial charge on any atom is -0.285 e. The first-order valence-corrected chi connectivity index (χ1v) is 6.25. The second-order valence-electron chi connectivity index (χ2n) is 4.51. The highest BCUT2D eigenvalue weighted by molar-refractivity contribution is 6.30. The zero-order valence-electron chi connectivity index (χ0n) is 9.86. The number of nitrogens with zero attached hydrogens (tertiary/aromatic N) is 1. The van der Waals surface area contributed by atoms with E-state index in [2.05, 4.69) is 6.58 Å². The van der Waals surface area contributed by atoms with E-state index in [-0.39, 0.29) is 0 Å². The lowest BCUT2D eigenvalue weighted by Gasteiger charge is -2.06. The molecule has 1 aliphatic rings. The van der Waals surface area contributed by atoms with Gasteiger partial charge in [0.25, 0.3) is 5.69 Å². The lowest BCUT2D eigenvalue weighted by atomic mass is 9.99. The Balaban J connectivity index is 2.24. The standard InChI is InChI=1S/C15H13ClNO/c1-10-14-7-6-13(16)9-12(14)5-4-11-3-2-8-17(18)15(10)11/h2-3,6-9,18H,1,4-5H2/q+1. The summed E-state index contributed by atoms with van der Waals surface area (Å²) in [5, 5.41) is 10.7. The van der Waals surface area contributed by atoms with Crippen LogP contribution in [0.1, 0.15) is 22.4 Å². The Kier molecular flexibility index (Phi) is 2.60. The van der Waals surface area contributed by atoms with Crippen LogP contribution in [-0.4, -0.2) is 5.21 Å². The lowest BCUT2D eigenvalue weighted by molar-refractivity contribution is -0.906. The van der Waals surface area contributed by atoms with E-state index in [1.807, 2.05) is 30.3 Å². The summed E-state index contributed by atoms with van der Waals surface area (Å²) in [4.78, 5) is 0. The molecule has 0 unspecified atom stereocenters. The van der Waals surface area contributed by atoms with Gasteiger partial charge >= 0.3 is 0 Å². The molecule has 3 rings (SSSR count). The maximum absolute atomic E-state index is 9.96. The van der Waals surface area contributed by atoms with E-state index < -0.39 is 0 Å². The molecule has 1 aromatic heterocycles. The van der Waals surface area contributed by atoms with E-state index in [0.717, 1.165) is 45.0 Å². The van der Waals surface area contributed by atoms with Crippen molar-refractivity contribution in [1.29, 1.82) is 0 Å². The van der Waals surface area contributed by atoms with Gasteiger partial charge in [-0.15, -0.1) is 0 Å². The highest BCUT2D eigenvalue weighted by Gasteiger charge is 2.25. The summed E-state index contributed by atoms with van der Waals surface area (Å²) in [6.45, 7) is 4.12. The monoisotopic (exact) mass is 258 g/mol. The summed E-state index contributed by atoms with van der Waals surface area (Å²) in [5.41, 5.74) is 4.99. The van der Waals surface area contributed by atoms with E-state index in [4.69, 9.17) is 11.6 Å². The van der Waals surface area contributed by atoms with Crippen molar-refractivity contribution in [3.8, 4) is 0 Å². The first-order chi connectivity index (χ1) is 8.66. The van der Waals surface area contributed by atoms with Crippen molar-refractivity contribution >= 4 is 17.2 Å². The summed E-state index contributed by atoms with van der Waals surface area (Å²) in [5.74, 6) is 0. The fourth-order valence-corrected chi connectivity index (χ4v) is 2.73. The van der Waals surface area contributed by atoms with E-state index in [1.54, 1.807) is 6.20 Å². The molecule has 0 amide bonds. The number of fused-ring (bicyclic) bond motifs is 2. The van der Waals surface area contributed by atoms with Crippen LogP contribution in [0.25, 0.3) is 5.57 Å². The highest BCUT2D eigenvalue weighted by Crippen LogP contribution is 2.31. The molecular formula is C15H13ClNO+. The van der Waals surface area contributed by atoms with Gasteiger partial charge in [0, 0.05) is 21.4 Å². The Labute approximate surface area is 111 Å². The maximum Gasteiger partial charge on any atom is 0.267 e. The molecule has 3 heteroatoms. The summed E-state index contributed by atoms with van der Waals surface area (Å²) < 4.78 is 1.15. The van der Waals surface area contributed by atoms with Crippen LogP contribution in [0.15, 0.2) is 43.1 Å². The van der Waals surface area contributed by atoms with Gasteiger partial charge < -0.3 is 0 Å². The minimum atomic E-state index is 0.740. The van der Waals surface area contributed by atoms with E-state index in [9.17, 15) is 5.21 Å². The Morgan fingerprint density at radius 1 is 1.17 bits per heavy atom. The maximum atomic E-state index is 9.96. The topological polar surface area (TPSA) is 24.1 Å². The molecule has 2 aromatic rings. The fraction of sp³-hybridized carbons (Fsp3) is 0.133. The van der Waals surface area contributed by atoms with Crippen LogP contribution < -0.4 is 4.73 Å². The molecule has 0 saturated heterocycles. The van der Waals surface area contributed by atoms with Crippen LogP contribution >= 0.6 is 11.6 Å². The van der Waals surface area contributed by atoms with Gasteiger partial charge in [0.2, 0.25) is 6.20 Å². The number of pyridine rings is 1. The highest BCUT2D eigenvalue weighted by atomic mass is 35.5. The predicted molar refractivity (Wildman–Crippen MR) is 70.8 cm³/mol. The largest absolute Gasteiger partial charge is 0.285 e. The quantitative estimate of drug-likeness (QED) is 0.570. The van der Waals surface area contributed by atoms with Crippen molar-refractivity contribution in [2.45, 2.75) is 12.8 Å². The van der Waals surface area contributed by atoms with Gasteiger partial charge in [0.05, 0.1) is 5.57 Å². The summed E-state index contributed by atoms with van der Waals surface area (Å²) in [6, 6.07) is 9.69. The Bertz CT molecular complexity index is 649. The third-order valence-electron chi connectivity index (χ3n) is 3.40. The lowest BCUT2D eigenvalue weighted by Crippen LogP contribution is -2.35. The molecule has 0 saturated carbocycles. The van der Waals surface area contributed by atoms with Crippen molar-refractivity contribution in [3.63, 3.8) is 0 Å². The van der Waals surface area contributed by atoms with Gasteiger partial charge in [0.15, 0.2) is 0 Å². The van der Waals surface area contributed by atoms with Crippen LogP contribution in [0.2, 0.25) is 5.02 Å². The number of aromatic nitrogens is 1. The molecule has 0 spiro atoms. The van der Waals surface area contributed by atoms with Crippen LogP contribution in [-0.2, 0) is 12.8 Å². The summed E-state index contributed by atoms with van der Waals surface area (Å²) in [6.07, 6.45) is 3.42. The van der Waals surface area contributed by atoms with Crippen molar-refractivity contribution < 1.29 is 9.94 Å². The molecule has 1 heterocycles. The minimum absolute atomic E-state index is 0.740. The summed E-state index contributed by atoms with van der Waals surface area (Å²) in [7, 11) is 0. The van der Waals surface area contributed by atoms with E-state index >= 15 is 0 Å². The van der Waals surface area contributed by atoms with Crippen molar-refractivity contribution in [2.75, 3.05) is 0 Å². The van der Waals surface area contributed by atoms with Gasteiger partial charge in [0.1, 0.15) is 0 Å². The fourth-order valence-electron chi connectivity index (χ4n) is 2.54. The van der Waals surface area contributed by atoms with Gasteiger partial charge in [-0.3, -0.25) is 5.21 Å². The molecule has 1 aliphatic carbocycles. The number of benzene rings is 1. The third kappa shape index (κ3) is 1.70. The zero-order chi connectivity index (χ0) is 12.7. The van der Waals surface area contributed by atoms with Gasteiger partial charge in [-0.05, 0) is 42.2 Å². The number of hydrogen-bond donors (Lipinski definition) is 1. The molecule has 0 atom stereocenters. The Hall–Kier alpha value is -1.80. The van der Waals surface area contributed by atoms with Crippen LogP contribution in [0.5, 0.6) is 0 Å². The SMILES string of the molecule is C=C1c2ccc(Cl)cc2CCc2ccc[n+](O)c21. The average molecular weight is 259 g/mol. The number of hydrogen-bond acceptors (Lipinski definition) is 1. The van der Waals surface area contributed by atoms with Crippen LogP contribution in [0.4, 0.5) is 0 Å². The molecule has 2 nitrogen and oxygen atoms in total. The molecule has 18 heavy (non-hydrogen) atoms. The van der Waals surface area contributed by atoms with E-state index in [0.29, 0.717) is 0 Å². The molecular weight excluding hydrogens is 246 g/mol. The van der Waals surface area contributed by atoms with Crippen LogP contribution in [0.3, 0.4) is 0 Å². The van der Waals surface area contributed by atoms with Gasteiger partial charge in [-0.2, -0.15) is 0 Å². The molecule has 0 fully saturated rings. The number of halogens is 1. The Morgan fingerprint density at radius 3 is 2.78 bits per heavy atom. The van der Waals surface area contributed by atoms with Crippen molar-refractivity contribution in [2.24, 2.45) is 0 Å². The van der Waals surface area contributed by atoms with E-state index in [1.165, 1.54) is 5.56 Å². The number of rotatable bonds is 0. The van der Waals surface area contributed by atoms with Crippen molar-refractivity contribution in [3.05, 3.63) is 70.5 Å². The predicted octanol–water partition coefficient (Wildman–Crippen LogP) is 3.02. The normalized spacial score (nSPS) is 13.7. The van der Waals surface area contributed by atoms with Crippen molar-refractivity contribution in [1.82, 2.24) is 0 Å². The molecule has 90 valence electrons. The number of aryl methyl sites for hydroxylation is 2. The second-order valence-corrected chi connectivity index (χ2v) is 4.94. The molecule has 1 N–H and O–H groups in total. The Morgan fingerprint density at radius 2 is 1.94 bits per heavy atom. The third-order valence-corrected chi connectivity index (χ3v) is 3.63. The second kappa shape index (κ2) is 4.14. The van der Waals surface area contributed by atoms with Gasteiger partial charge in [-0.25, -0.2) is 0 Å². The first-order valence-electron chi connectivity index (χ1n) is 5.87. The van der Waals surface area contributed by atoms with Crippen LogP contribution in [0, 0.1) is 0 Å². The molecule has 1 aromatic carbocycles. The zero-order valence-corrected chi connectivity index (χ0v) is 10.6.